The van der Waals surface area contributed by atoms with Crippen molar-refractivity contribution in [3.8, 4) is 11.1 Å². The van der Waals surface area contributed by atoms with Gasteiger partial charge in [-0.15, -0.1) is 0 Å². The molecule has 2 amide bonds. The van der Waals surface area contributed by atoms with Crippen LogP contribution in [0.25, 0.3) is 11.1 Å². The Morgan fingerprint density at radius 3 is 2.49 bits per heavy atom. The first-order valence-corrected chi connectivity index (χ1v) is 12.5. The zero-order valence-electron chi connectivity index (χ0n) is 21.2. The third-order valence-electron chi connectivity index (χ3n) is 6.85. The molecule has 11 heteroatoms. The Morgan fingerprint density at radius 1 is 1.05 bits per heavy atom. The highest BCUT2D eigenvalue weighted by molar-refractivity contribution is 6.05. The molecule has 39 heavy (non-hydrogen) atoms. The van der Waals surface area contributed by atoms with E-state index in [2.05, 4.69) is 10.2 Å². The molecule has 0 radical (unpaired) electrons. The summed E-state index contributed by atoms with van der Waals surface area (Å²) < 4.78 is 44.8. The van der Waals surface area contributed by atoms with Crippen molar-refractivity contribution in [3.63, 3.8) is 0 Å². The number of amides is 2. The van der Waals surface area contributed by atoms with E-state index in [1.807, 2.05) is 13.0 Å². The molecule has 2 aliphatic heterocycles. The molecule has 2 N–H and O–H groups in total. The van der Waals surface area contributed by atoms with Crippen LogP contribution in [-0.4, -0.2) is 60.9 Å². The molecule has 1 atom stereocenters. The number of rotatable bonds is 5. The molecule has 3 aromatic rings. The summed E-state index contributed by atoms with van der Waals surface area (Å²) in [6, 6.07) is 13.1. The second-order valence-electron chi connectivity index (χ2n) is 9.53. The summed E-state index contributed by atoms with van der Waals surface area (Å²) in [5.74, 6) is -0.0190. The van der Waals surface area contributed by atoms with E-state index in [9.17, 15) is 27.9 Å². The molecule has 3 heterocycles. The van der Waals surface area contributed by atoms with Gasteiger partial charge in [-0.25, -0.2) is 4.98 Å². The molecule has 0 aliphatic carbocycles. The molecule has 5 rings (SSSR count). The quantitative estimate of drug-likeness (QED) is 0.502. The van der Waals surface area contributed by atoms with Crippen molar-refractivity contribution in [1.82, 2.24) is 4.98 Å². The number of aromatic nitrogens is 1. The van der Waals surface area contributed by atoms with E-state index in [0.29, 0.717) is 56.6 Å². The Labute approximate surface area is 223 Å². The lowest BCUT2D eigenvalue weighted by molar-refractivity contribution is -0.137. The van der Waals surface area contributed by atoms with Gasteiger partial charge in [0.25, 0.3) is 11.8 Å². The maximum Gasteiger partial charge on any atom is 0.416 e. The average Bonchev–Trinajstić information content (AvgIpc) is 3.27. The number of halogens is 3. The Bertz CT molecular complexity index is 1410. The second-order valence-corrected chi connectivity index (χ2v) is 9.53. The van der Waals surface area contributed by atoms with Gasteiger partial charge in [0, 0.05) is 37.3 Å². The minimum absolute atomic E-state index is 0.112. The van der Waals surface area contributed by atoms with Crippen LogP contribution in [0.15, 0.2) is 54.6 Å². The van der Waals surface area contributed by atoms with Gasteiger partial charge in [0.1, 0.15) is 17.7 Å². The second kappa shape index (κ2) is 10.7. The van der Waals surface area contributed by atoms with Crippen LogP contribution in [0.3, 0.4) is 0 Å². The maximum absolute atomic E-state index is 13.1. The van der Waals surface area contributed by atoms with E-state index in [4.69, 9.17) is 9.72 Å². The number of carbonyl (C=O) groups is 2. The van der Waals surface area contributed by atoms with E-state index in [1.54, 1.807) is 24.3 Å². The molecule has 0 spiro atoms. The average molecular weight is 541 g/mol. The first-order chi connectivity index (χ1) is 18.6. The van der Waals surface area contributed by atoms with E-state index < -0.39 is 29.7 Å². The normalized spacial score (nSPS) is 18.0. The molecule has 2 saturated heterocycles. The van der Waals surface area contributed by atoms with Crippen LogP contribution in [0.4, 0.5) is 30.5 Å². The van der Waals surface area contributed by atoms with Crippen LogP contribution in [0.2, 0.25) is 0 Å². The molecular formula is C28H27F3N4O4. The van der Waals surface area contributed by atoms with Gasteiger partial charge in [0.05, 0.1) is 18.8 Å². The Hall–Kier alpha value is -3.96. The number of alkyl halides is 3. The molecule has 0 saturated carbocycles. The van der Waals surface area contributed by atoms with E-state index in [1.165, 1.54) is 17.0 Å². The first kappa shape index (κ1) is 26.6. The lowest BCUT2D eigenvalue weighted by atomic mass is 9.99. The predicted molar refractivity (Wildman–Crippen MR) is 140 cm³/mol. The predicted octanol–water partition coefficient (Wildman–Crippen LogP) is 4.26. The van der Waals surface area contributed by atoms with Gasteiger partial charge in [-0.1, -0.05) is 12.1 Å². The SMILES string of the molecule is Cc1ccc(NC(=O)c2cccc(C(F)(F)F)c2)cc1-c1cc(N2CCOCC2)nc(N2CCC(O)C2=O)c1. The van der Waals surface area contributed by atoms with Crippen molar-refractivity contribution >= 4 is 29.1 Å². The van der Waals surface area contributed by atoms with Crippen LogP contribution in [0, 0.1) is 6.92 Å². The largest absolute Gasteiger partial charge is 0.416 e. The van der Waals surface area contributed by atoms with Crippen molar-refractivity contribution < 1.29 is 32.6 Å². The van der Waals surface area contributed by atoms with Crippen LogP contribution in [-0.2, 0) is 15.7 Å². The summed E-state index contributed by atoms with van der Waals surface area (Å²) in [6.07, 6.45) is -5.32. The van der Waals surface area contributed by atoms with Crippen molar-refractivity contribution in [2.24, 2.45) is 0 Å². The first-order valence-electron chi connectivity index (χ1n) is 12.5. The highest BCUT2D eigenvalue weighted by atomic mass is 19.4. The van der Waals surface area contributed by atoms with Gasteiger partial charge in [-0.3, -0.25) is 14.5 Å². The number of aliphatic hydroxyl groups is 1. The number of anilines is 3. The molecule has 2 aromatic carbocycles. The van der Waals surface area contributed by atoms with Gasteiger partial charge in [0.2, 0.25) is 0 Å². The summed E-state index contributed by atoms with van der Waals surface area (Å²) in [5.41, 5.74) is 1.76. The highest BCUT2D eigenvalue weighted by Crippen LogP contribution is 2.34. The molecule has 8 nitrogen and oxygen atoms in total. The minimum Gasteiger partial charge on any atom is -0.383 e. The highest BCUT2D eigenvalue weighted by Gasteiger charge is 2.33. The number of ether oxygens (including phenoxy) is 1. The fraction of sp³-hybridized carbons (Fsp3) is 0.321. The number of nitrogens with zero attached hydrogens (tertiary/aromatic N) is 3. The lowest BCUT2D eigenvalue weighted by Crippen LogP contribution is -2.37. The molecule has 2 fully saturated rings. The topological polar surface area (TPSA) is 95.0 Å². The van der Waals surface area contributed by atoms with Crippen LogP contribution < -0.4 is 15.1 Å². The Balaban J connectivity index is 1.49. The van der Waals surface area contributed by atoms with Crippen molar-refractivity contribution in [1.29, 1.82) is 0 Å². The monoisotopic (exact) mass is 540 g/mol. The smallest absolute Gasteiger partial charge is 0.383 e. The van der Waals surface area contributed by atoms with E-state index in [-0.39, 0.29) is 5.56 Å². The molecule has 2 aliphatic rings. The Kier molecular flexibility index (Phi) is 7.28. The zero-order chi connectivity index (χ0) is 27.7. The molecule has 204 valence electrons. The third-order valence-corrected chi connectivity index (χ3v) is 6.85. The molecule has 0 bridgehead atoms. The minimum atomic E-state index is -4.56. The standard InChI is InChI=1S/C28H27F3N4O4/c1-17-5-6-21(32-26(37)18-3-2-4-20(13-18)28(29,30)31)16-22(17)19-14-24(34-9-11-39-12-10-34)33-25(15-19)35-8-7-23(36)27(35)38/h2-6,13-16,23,36H,7-12H2,1H3,(H,32,37). The van der Waals surface area contributed by atoms with Crippen LogP contribution in [0.5, 0.6) is 0 Å². The number of morpholine rings is 1. The fourth-order valence-corrected chi connectivity index (χ4v) is 4.69. The number of aliphatic hydroxyl groups excluding tert-OH is 1. The van der Waals surface area contributed by atoms with Gasteiger partial charge in [-0.05, 0) is 66.1 Å². The zero-order valence-corrected chi connectivity index (χ0v) is 21.2. The summed E-state index contributed by atoms with van der Waals surface area (Å²) in [7, 11) is 0. The maximum atomic E-state index is 13.1. The number of aryl methyl sites for hydroxylation is 1. The number of carbonyl (C=O) groups excluding carboxylic acids is 2. The number of pyridine rings is 1. The molecule has 1 unspecified atom stereocenters. The third kappa shape index (κ3) is 5.74. The fourth-order valence-electron chi connectivity index (χ4n) is 4.69. The summed E-state index contributed by atoms with van der Waals surface area (Å²) in [4.78, 5) is 33.6. The number of hydrogen-bond donors (Lipinski definition) is 2. The van der Waals surface area contributed by atoms with Gasteiger partial charge in [-0.2, -0.15) is 13.2 Å². The van der Waals surface area contributed by atoms with Gasteiger partial charge >= 0.3 is 6.18 Å². The molecule has 1 aromatic heterocycles. The van der Waals surface area contributed by atoms with Crippen molar-refractivity contribution in [2.75, 3.05) is 48.0 Å². The van der Waals surface area contributed by atoms with E-state index >= 15 is 0 Å². The number of benzene rings is 2. The van der Waals surface area contributed by atoms with Gasteiger partial charge < -0.3 is 20.1 Å². The number of nitrogens with one attached hydrogen (secondary N) is 1. The summed E-state index contributed by atoms with van der Waals surface area (Å²) in [6.45, 7) is 4.56. The van der Waals surface area contributed by atoms with Crippen LogP contribution >= 0.6 is 0 Å². The van der Waals surface area contributed by atoms with E-state index in [0.717, 1.165) is 28.8 Å². The summed E-state index contributed by atoms with van der Waals surface area (Å²) >= 11 is 0. The molecular weight excluding hydrogens is 513 g/mol. The number of hydrogen-bond acceptors (Lipinski definition) is 6. The van der Waals surface area contributed by atoms with Crippen molar-refractivity contribution in [2.45, 2.75) is 25.6 Å². The summed E-state index contributed by atoms with van der Waals surface area (Å²) in [5, 5.41) is 12.7. The van der Waals surface area contributed by atoms with Gasteiger partial charge in [0.15, 0.2) is 0 Å². The van der Waals surface area contributed by atoms with Crippen LogP contribution in [0.1, 0.15) is 27.9 Å². The Morgan fingerprint density at radius 2 is 1.79 bits per heavy atom. The van der Waals surface area contributed by atoms with Crippen molar-refractivity contribution in [3.05, 3.63) is 71.3 Å². The lowest BCUT2D eigenvalue weighted by Gasteiger charge is -2.29.